The van der Waals surface area contributed by atoms with Crippen LogP contribution in [0.5, 0.6) is 0 Å². The molecule has 0 aliphatic carbocycles. The lowest BCUT2D eigenvalue weighted by Gasteiger charge is -2.22. The fourth-order valence-corrected chi connectivity index (χ4v) is 8.37. The van der Waals surface area contributed by atoms with Gasteiger partial charge in [-0.2, -0.15) is 0 Å². The molecule has 24 heavy (non-hydrogen) atoms. The van der Waals surface area contributed by atoms with Gasteiger partial charge in [0.1, 0.15) is 9.76 Å². The van der Waals surface area contributed by atoms with Gasteiger partial charge < -0.3 is 4.12 Å². The lowest BCUT2D eigenvalue weighted by Crippen LogP contribution is -2.30. The van der Waals surface area contributed by atoms with E-state index < -0.39 is 8.32 Å². The molecule has 0 aromatic heterocycles. The van der Waals surface area contributed by atoms with E-state index in [-0.39, 0.29) is 9.76 Å². The van der Waals surface area contributed by atoms with E-state index in [0.29, 0.717) is 0 Å². The zero-order valence-corrected chi connectivity index (χ0v) is 20.1. The fraction of sp³-hybridized carbons (Fsp3) is 1.00. The summed E-state index contributed by atoms with van der Waals surface area (Å²) in [4.78, 5) is 0. The first-order valence-electron chi connectivity index (χ1n) is 11.3. The maximum absolute atomic E-state index is 6.03. The van der Waals surface area contributed by atoms with Crippen molar-refractivity contribution >= 4 is 18.1 Å². The topological polar surface area (TPSA) is 9.23 Å². The van der Waals surface area contributed by atoms with Crippen LogP contribution in [-0.4, -0.2) is 18.1 Å². The van der Waals surface area contributed by atoms with Crippen LogP contribution in [0.15, 0.2) is 0 Å². The van der Waals surface area contributed by atoms with Crippen LogP contribution in [0, 0.1) is 0 Å². The summed E-state index contributed by atoms with van der Waals surface area (Å²) < 4.78 is 6.03. The highest BCUT2D eigenvalue weighted by molar-refractivity contribution is 6.74. The van der Waals surface area contributed by atoms with Crippen molar-refractivity contribution < 1.29 is 4.12 Å². The maximum Gasteiger partial charge on any atom is 0.172 e. The van der Waals surface area contributed by atoms with Crippen LogP contribution in [0.25, 0.3) is 0 Å². The third-order valence-corrected chi connectivity index (χ3v) is 11.0. The van der Waals surface area contributed by atoms with Gasteiger partial charge in [-0.05, 0) is 19.1 Å². The fourth-order valence-electron chi connectivity index (χ4n) is 3.56. The van der Waals surface area contributed by atoms with Gasteiger partial charge in [-0.15, -0.1) is 0 Å². The minimum absolute atomic E-state index is 0.195. The van der Waals surface area contributed by atoms with Crippen LogP contribution in [0.4, 0.5) is 0 Å². The number of hydrogen-bond acceptors (Lipinski definition) is 1. The molecule has 0 aliphatic rings. The van der Waals surface area contributed by atoms with E-state index in [0.717, 1.165) is 0 Å². The molecule has 0 spiro atoms. The molecule has 0 atom stereocenters. The molecule has 0 rings (SSSR count). The predicted octanol–water partition coefficient (Wildman–Crippen LogP) is 7.60. The van der Waals surface area contributed by atoms with Gasteiger partial charge in [-0.25, -0.2) is 0 Å². The lowest BCUT2D eigenvalue weighted by molar-refractivity contribution is 0.529. The third-order valence-electron chi connectivity index (χ3n) is 5.17. The van der Waals surface area contributed by atoms with Gasteiger partial charge in [-0.1, -0.05) is 116 Å². The SMILES string of the molecule is CCCCCCCCCCCCCCCCCC[Si](C)(C)O[SiH2]C. The molecule has 0 aromatic carbocycles. The number of rotatable bonds is 19. The van der Waals surface area contributed by atoms with Crippen molar-refractivity contribution in [2.75, 3.05) is 0 Å². The summed E-state index contributed by atoms with van der Waals surface area (Å²) in [5.74, 6) is 0. The van der Waals surface area contributed by atoms with Crippen LogP contribution in [0.1, 0.15) is 110 Å². The van der Waals surface area contributed by atoms with Crippen molar-refractivity contribution in [2.45, 2.75) is 135 Å². The monoisotopic (exact) mass is 372 g/mol. The van der Waals surface area contributed by atoms with Crippen LogP contribution in [0.3, 0.4) is 0 Å². The van der Waals surface area contributed by atoms with E-state index in [1.165, 1.54) is 109 Å². The molecule has 0 fully saturated rings. The van der Waals surface area contributed by atoms with Crippen molar-refractivity contribution in [2.24, 2.45) is 0 Å². The summed E-state index contributed by atoms with van der Waals surface area (Å²) in [5, 5.41) is 0. The molecule has 0 saturated carbocycles. The Hall–Kier alpha value is 0.394. The lowest BCUT2D eigenvalue weighted by atomic mass is 10.0. The highest BCUT2D eigenvalue weighted by atomic mass is 28.4. The van der Waals surface area contributed by atoms with E-state index in [4.69, 9.17) is 4.12 Å². The van der Waals surface area contributed by atoms with Gasteiger partial charge in [-0.3, -0.25) is 0 Å². The minimum Gasteiger partial charge on any atom is -0.461 e. The summed E-state index contributed by atoms with van der Waals surface area (Å²) in [6.45, 7) is 9.36. The molecule has 0 amide bonds. The maximum atomic E-state index is 6.03. The molecule has 0 saturated heterocycles. The molecule has 3 heteroatoms. The molecular formula is C21H48OSi2. The van der Waals surface area contributed by atoms with Crippen LogP contribution in [0.2, 0.25) is 25.7 Å². The van der Waals surface area contributed by atoms with E-state index in [9.17, 15) is 0 Å². The normalized spacial score (nSPS) is 12.5. The van der Waals surface area contributed by atoms with Crippen molar-refractivity contribution in [3.8, 4) is 0 Å². The third kappa shape index (κ3) is 18.7. The standard InChI is InChI=1S/C21H48OSi2/c1-5-6-7-8-9-10-11-12-13-14-15-16-17-18-19-20-21-24(3,4)22-23-2/h5-21,23H2,1-4H3. The Labute approximate surface area is 157 Å². The number of unbranched alkanes of at least 4 members (excludes halogenated alkanes) is 15. The smallest absolute Gasteiger partial charge is 0.172 e. The Bertz CT molecular complexity index is 244. The predicted molar refractivity (Wildman–Crippen MR) is 117 cm³/mol. The molecule has 0 heterocycles. The van der Waals surface area contributed by atoms with E-state index in [1.807, 2.05) is 0 Å². The van der Waals surface area contributed by atoms with E-state index >= 15 is 0 Å². The summed E-state index contributed by atoms with van der Waals surface area (Å²) in [5.41, 5.74) is 0. The van der Waals surface area contributed by atoms with Gasteiger partial charge >= 0.3 is 0 Å². The first-order chi connectivity index (χ1) is 11.6. The first kappa shape index (κ1) is 24.4. The Morgan fingerprint density at radius 2 is 0.917 bits per heavy atom. The van der Waals surface area contributed by atoms with Gasteiger partial charge in [0.15, 0.2) is 8.32 Å². The first-order valence-corrected chi connectivity index (χ1v) is 16.4. The Kier molecular flexibility index (Phi) is 18.5. The molecule has 0 unspecified atom stereocenters. The average Bonchev–Trinajstić information content (AvgIpc) is 2.54. The molecule has 0 radical (unpaired) electrons. The van der Waals surface area contributed by atoms with Crippen molar-refractivity contribution in [3.63, 3.8) is 0 Å². The second-order valence-corrected chi connectivity index (χ2v) is 14.0. The van der Waals surface area contributed by atoms with Crippen molar-refractivity contribution in [1.29, 1.82) is 0 Å². The van der Waals surface area contributed by atoms with Gasteiger partial charge in [0, 0.05) is 0 Å². The van der Waals surface area contributed by atoms with Crippen LogP contribution in [-0.2, 0) is 4.12 Å². The van der Waals surface area contributed by atoms with Crippen molar-refractivity contribution in [1.82, 2.24) is 0 Å². The van der Waals surface area contributed by atoms with Gasteiger partial charge in [0.25, 0.3) is 0 Å². The molecule has 1 nitrogen and oxygen atoms in total. The highest BCUT2D eigenvalue weighted by Crippen LogP contribution is 2.17. The number of hydrogen-bond donors (Lipinski definition) is 0. The molecule has 0 bridgehead atoms. The molecule has 0 N–H and O–H groups in total. The minimum atomic E-state index is -1.25. The summed E-state index contributed by atoms with van der Waals surface area (Å²) in [6.07, 6.45) is 23.3. The Morgan fingerprint density at radius 1 is 0.583 bits per heavy atom. The molecule has 0 aromatic rings. The van der Waals surface area contributed by atoms with Crippen LogP contribution >= 0.6 is 0 Å². The highest BCUT2D eigenvalue weighted by Gasteiger charge is 2.19. The van der Waals surface area contributed by atoms with E-state index in [1.54, 1.807) is 0 Å². The van der Waals surface area contributed by atoms with Gasteiger partial charge in [0.05, 0.1) is 0 Å². The summed E-state index contributed by atoms with van der Waals surface area (Å²) in [7, 11) is -1.44. The zero-order chi connectivity index (χ0) is 17.9. The largest absolute Gasteiger partial charge is 0.461 e. The van der Waals surface area contributed by atoms with Crippen molar-refractivity contribution in [3.05, 3.63) is 0 Å². The zero-order valence-electron chi connectivity index (χ0n) is 17.6. The van der Waals surface area contributed by atoms with Gasteiger partial charge in [0.2, 0.25) is 0 Å². The Balaban J connectivity index is 3.10. The molecule has 0 aliphatic heterocycles. The second-order valence-electron chi connectivity index (χ2n) is 8.25. The quantitative estimate of drug-likeness (QED) is 0.167. The summed E-state index contributed by atoms with van der Waals surface area (Å²) in [6, 6.07) is 1.38. The summed E-state index contributed by atoms with van der Waals surface area (Å²) >= 11 is 0. The second kappa shape index (κ2) is 18.2. The Morgan fingerprint density at radius 3 is 1.25 bits per heavy atom. The molecular weight excluding hydrogens is 324 g/mol. The molecule has 146 valence electrons. The van der Waals surface area contributed by atoms with E-state index in [2.05, 4.69) is 26.6 Å². The van der Waals surface area contributed by atoms with Crippen LogP contribution < -0.4 is 0 Å². The average molecular weight is 373 g/mol.